The molecule has 1 aliphatic heterocycles. The third-order valence-electron chi connectivity index (χ3n) is 4.73. The Balaban J connectivity index is 1.58. The van der Waals surface area contributed by atoms with E-state index in [0.29, 0.717) is 11.3 Å². The maximum Gasteiger partial charge on any atom is 0.273 e. The number of hydrogen-bond acceptors (Lipinski definition) is 4. The minimum Gasteiger partial charge on any atom is -0.369 e. The highest BCUT2D eigenvalue weighted by Crippen LogP contribution is 2.22. The zero-order valence-corrected chi connectivity index (χ0v) is 13.8. The Morgan fingerprint density at radius 3 is 2.54 bits per heavy atom. The zero-order chi connectivity index (χ0) is 16.5. The lowest BCUT2D eigenvalue weighted by Crippen LogP contribution is -2.46. The van der Waals surface area contributed by atoms with Crippen LogP contribution in [0, 0.1) is 0 Å². The van der Waals surface area contributed by atoms with Crippen molar-refractivity contribution in [3.63, 3.8) is 0 Å². The number of piperazine rings is 1. The van der Waals surface area contributed by atoms with Crippen molar-refractivity contribution in [2.45, 2.75) is 6.92 Å². The molecule has 0 amide bonds. The molecule has 0 aliphatic carbocycles. The molecule has 6 heteroatoms. The van der Waals surface area contributed by atoms with Crippen LogP contribution in [0.15, 0.2) is 47.4 Å². The van der Waals surface area contributed by atoms with Crippen LogP contribution >= 0.6 is 0 Å². The third kappa shape index (κ3) is 2.69. The second kappa shape index (κ2) is 6.13. The first-order chi connectivity index (χ1) is 11.7. The van der Waals surface area contributed by atoms with E-state index >= 15 is 0 Å². The van der Waals surface area contributed by atoms with Crippen LogP contribution in [-0.4, -0.2) is 52.2 Å². The average molecular weight is 323 g/mol. The number of fused-ring (bicyclic) bond motifs is 1. The molecule has 1 aromatic carbocycles. The van der Waals surface area contributed by atoms with E-state index in [1.54, 1.807) is 18.3 Å². The van der Waals surface area contributed by atoms with E-state index in [2.05, 4.69) is 38.9 Å². The van der Waals surface area contributed by atoms with Gasteiger partial charge >= 0.3 is 0 Å². The molecule has 0 spiro atoms. The Hall–Kier alpha value is -2.60. The SMILES string of the molecule is CCN1CCN(c2ccc(-c3cc(=O)n4[nH]ccc4n3)cc2)CC1. The van der Waals surface area contributed by atoms with Crippen LogP contribution < -0.4 is 10.5 Å². The van der Waals surface area contributed by atoms with Gasteiger partial charge in [-0.2, -0.15) is 0 Å². The lowest BCUT2D eigenvalue weighted by molar-refractivity contribution is 0.271. The lowest BCUT2D eigenvalue weighted by atomic mass is 10.1. The average Bonchev–Trinajstić information content (AvgIpc) is 3.11. The van der Waals surface area contributed by atoms with Gasteiger partial charge in [0.05, 0.1) is 5.69 Å². The Kier molecular flexibility index (Phi) is 3.82. The van der Waals surface area contributed by atoms with Crippen molar-refractivity contribution in [3.8, 4) is 11.3 Å². The summed E-state index contributed by atoms with van der Waals surface area (Å²) in [6.45, 7) is 7.67. The predicted octanol–water partition coefficient (Wildman–Crippen LogP) is 1.83. The Labute approximate surface area is 140 Å². The second-order valence-corrected chi connectivity index (χ2v) is 6.10. The van der Waals surface area contributed by atoms with E-state index < -0.39 is 0 Å². The van der Waals surface area contributed by atoms with Gasteiger partial charge in [-0.1, -0.05) is 19.1 Å². The highest BCUT2D eigenvalue weighted by atomic mass is 16.1. The largest absolute Gasteiger partial charge is 0.369 e. The first-order valence-corrected chi connectivity index (χ1v) is 8.39. The molecule has 1 saturated heterocycles. The molecule has 24 heavy (non-hydrogen) atoms. The molecule has 1 aliphatic rings. The van der Waals surface area contributed by atoms with Gasteiger partial charge < -0.3 is 9.80 Å². The van der Waals surface area contributed by atoms with Crippen LogP contribution in [0.2, 0.25) is 0 Å². The van der Waals surface area contributed by atoms with Gasteiger partial charge in [-0.25, -0.2) is 9.50 Å². The van der Waals surface area contributed by atoms with Gasteiger partial charge in [-0.05, 0) is 18.7 Å². The minimum atomic E-state index is -0.0974. The molecular weight excluding hydrogens is 302 g/mol. The fourth-order valence-electron chi connectivity index (χ4n) is 3.24. The highest BCUT2D eigenvalue weighted by molar-refractivity contribution is 5.64. The number of nitrogens with one attached hydrogen (secondary N) is 1. The van der Waals surface area contributed by atoms with Crippen LogP contribution in [0.1, 0.15) is 6.92 Å². The number of H-pyrrole nitrogens is 1. The van der Waals surface area contributed by atoms with Crippen molar-refractivity contribution in [1.82, 2.24) is 19.5 Å². The van der Waals surface area contributed by atoms with Crippen molar-refractivity contribution in [1.29, 1.82) is 0 Å². The molecule has 0 radical (unpaired) electrons. The minimum absolute atomic E-state index is 0.0974. The standard InChI is InChI=1S/C18H21N5O/c1-2-21-9-11-22(12-10-21)15-5-3-14(4-6-15)16-13-18(24)23-17(20-16)7-8-19-23/h3-8,13,19H,2,9-12H2,1H3. The van der Waals surface area contributed by atoms with Crippen LogP contribution in [0.5, 0.6) is 0 Å². The summed E-state index contributed by atoms with van der Waals surface area (Å²) in [4.78, 5) is 21.5. The second-order valence-electron chi connectivity index (χ2n) is 6.10. The van der Waals surface area contributed by atoms with Crippen molar-refractivity contribution in [2.75, 3.05) is 37.6 Å². The van der Waals surface area contributed by atoms with Gasteiger partial charge in [0.15, 0.2) is 5.65 Å². The van der Waals surface area contributed by atoms with E-state index in [0.717, 1.165) is 38.3 Å². The van der Waals surface area contributed by atoms with Gasteiger partial charge in [0.1, 0.15) is 0 Å². The molecule has 2 aromatic heterocycles. The van der Waals surface area contributed by atoms with E-state index in [9.17, 15) is 4.79 Å². The molecule has 0 atom stereocenters. The number of likely N-dealkylation sites (N-methyl/N-ethyl adjacent to an activating group) is 1. The fraction of sp³-hybridized carbons (Fsp3) is 0.333. The predicted molar refractivity (Wildman–Crippen MR) is 95.6 cm³/mol. The molecule has 6 nitrogen and oxygen atoms in total. The summed E-state index contributed by atoms with van der Waals surface area (Å²) in [5, 5.41) is 2.86. The molecule has 4 rings (SSSR count). The van der Waals surface area contributed by atoms with Crippen LogP contribution in [0.4, 0.5) is 5.69 Å². The number of rotatable bonds is 3. The number of nitrogens with zero attached hydrogens (tertiary/aromatic N) is 4. The Morgan fingerprint density at radius 1 is 1.08 bits per heavy atom. The molecule has 3 heterocycles. The number of anilines is 1. The molecule has 0 bridgehead atoms. The van der Waals surface area contributed by atoms with Crippen molar-refractivity contribution in [2.24, 2.45) is 0 Å². The molecule has 0 saturated carbocycles. The Bertz CT molecular complexity index is 888. The number of aromatic nitrogens is 3. The highest BCUT2D eigenvalue weighted by Gasteiger charge is 2.15. The summed E-state index contributed by atoms with van der Waals surface area (Å²) in [5.41, 5.74) is 3.44. The van der Waals surface area contributed by atoms with Gasteiger partial charge in [-0.15, -0.1) is 0 Å². The van der Waals surface area contributed by atoms with Crippen molar-refractivity contribution >= 4 is 11.3 Å². The van der Waals surface area contributed by atoms with E-state index in [1.165, 1.54) is 10.2 Å². The Morgan fingerprint density at radius 2 is 1.83 bits per heavy atom. The summed E-state index contributed by atoms with van der Waals surface area (Å²) in [6, 6.07) is 11.7. The monoisotopic (exact) mass is 323 g/mol. The third-order valence-corrected chi connectivity index (χ3v) is 4.73. The van der Waals surface area contributed by atoms with E-state index in [4.69, 9.17) is 0 Å². The van der Waals surface area contributed by atoms with Gasteiger partial charge in [-0.3, -0.25) is 9.89 Å². The fourth-order valence-corrected chi connectivity index (χ4v) is 3.24. The smallest absolute Gasteiger partial charge is 0.273 e. The number of aromatic amines is 1. The topological polar surface area (TPSA) is 56.6 Å². The van der Waals surface area contributed by atoms with Gasteiger partial charge in [0, 0.05) is 55.8 Å². The molecule has 1 N–H and O–H groups in total. The first-order valence-electron chi connectivity index (χ1n) is 8.39. The normalized spacial score (nSPS) is 16.0. The van der Waals surface area contributed by atoms with Crippen LogP contribution in [0.25, 0.3) is 16.9 Å². The zero-order valence-electron chi connectivity index (χ0n) is 13.8. The summed E-state index contributed by atoms with van der Waals surface area (Å²) in [6.07, 6.45) is 1.71. The van der Waals surface area contributed by atoms with Crippen molar-refractivity contribution < 1.29 is 0 Å². The summed E-state index contributed by atoms with van der Waals surface area (Å²) >= 11 is 0. The molecule has 3 aromatic rings. The summed E-state index contributed by atoms with van der Waals surface area (Å²) in [7, 11) is 0. The van der Waals surface area contributed by atoms with E-state index in [-0.39, 0.29) is 5.56 Å². The molecule has 124 valence electrons. The molecule has 1 fully saturated rings. The molecular formula is C18H21N5O. The molecule has 0 unspecified atom stereocenters. The summed E-state index contributed by atoms with van der Waals surface area (Å²) < 4.78 is 1.44. The van der Waals surface area contributed by atoms with E-state index in [1.807, 2.05) is 12.1 Å². The maximum absolute atomic E-state index is 12.1. The van der Waals surface area contributed by atoms with Gasteiger partial charge in [0.25, 0.3) is 5.56 Å². The number of hydrogen-bond donors (Lipinski definition) is 1. The van der Waals surface area contributed by atoms with Gasteiger partial charge in [0.2, 0.25) is 0 Å². The summed E-state index contributed by atoms with van der Waals surface area (Å²) in [5.74, 6) is 0. The van der Waals surface area contributed by atoms with Crippen molar-refractivity contribution in [3.05, 3.63) is 52.9 Å². The maximum atomic E-state index is 12.1. The van der Waals surface area contributed by atoms with Crippen LogP contribution in [0.3, 0.4) is 0 Å². The number of benzene rings is 1. The quantitative estimate of drug-likeness (QED) is 0.799. The first kappa shape index (κ1) is 15.0. The lowest BCUT2D eigenvalue weighted by Gasteiger charge is -2.35. The van der Waals surface area contributed by atoms with Crippen LogP contribution in [-0.2, 0) is 0 Å².